The molecule has 74 valence electrons. The smallest absolute Gasteiger partial charge is 0.335 e. The van der Waals surface area contributed by atoms with Crippen molar-refractivity contribution in [3.05, 3.63) is 34.9 Å². The molecule has 1 aromatic carbocycles. The van der Waals surface area contributed by atoms with E-state index in [1.54, 1.807) is 26.0 Å². The first-order valence-corrected chi connectivity index (χ1v) is 4.09. The van der Waals surface area contributed by atoms with Gasteiger partial charge in [-0.2, -0.15) is 0 Å². The van der Waals surface area contributed by atoms with Crippen LogP contribution in [0.1, 0.15) is 28.4 Å². The Bertz CT molecular complexity index is 396. The van der Waals surface area contributed by atoms with Crippen molar-refractivity contribution in [1.29, 1.82) is 0 Å². The third-order valence-corrected chi connectivity index (χ3v) is 2.04. The SMILES string of the molecule is C/C(=N\O)c1ccc(C)c(C(=O)O)c1. The van der Waals surface area contributed by atoms with Crippen LogP contribution in [0.15, 0.2) is 23.4 Å². The Morgan fingerprint density at radius 2 is 2.07 bits per heavy atom. The fraction of sp³-hybridized carbons (Fsp3) is 0.200. The maximum absolute atomic E-state index is 10.8. The maximum atomic E-state index is 10.8. The van der Waals surface area contributed by atoms with E-state index in [9.17, 15) is 4.79 Å². The molecule has 0 unspecified atom stereocenters. The van der Waals surface area contributed by atoms with E-state index in [1.807, 2.05) is 0 Å². The number of benzene rings is 1. The molecule has 0 heterocycles. The summed E-state index contributed by atoms with van der Waals surface area (Å²) >= 11 is 0. The topological polar surface area (TPSA) is 69.9 Å². The second-order valence-corrected chi connectivity index (χ2v) is 3.02. The van der Waals surface area contributed by atoms with Crippen molar-refractivity contribution in [2.24, 2.45) is 5.16 Å². The highest BCUT2D eigenvalue weighted by Gasteiger charge is 2.08. The zero-order chi connectivity index (χ0) is 10.7. The molecule has 0 aliphatic carbocycles. The molecule has 0 aromatic heterocycles. The Morgan fingerprint density at radius 1 is 1.43 bits per heavy atom. The molecule has 1 aromatic rings. The molecule has 0 aliphatic rings. The summed E-state index contributed by atoms with van der Waals surface area (Å²) in [4.78, 5) is 10.8. The van der Waals surface area contributed by atoms with E-state index in [0.717, 1.165) is 0 Å². The molecule has 0 bridgehead atoms. The van der Waals surface area contributed by atoms with Crippen LogP contribution in [-0.4, -0.2) is 22.0 Å². The monoisotopic (exact) mass is 193 g/mol. The van der Waals surface area contributed by atoms with Crippen LogP contribution in [0.2, 0.25) is 0 Å². The minimum Gasteiger partial charge on any atom is -0.478 e. The maximum Gasteiger partial charge on any atom is 0.335 e. The largest absolute Gasteiger partial charge is 0.478 e. The second kappa shape index (κ2) is 3.91. The summed E-state index contributed by atoms with van der Waals surface area (Å²) in [5.74, 6) is -0.977. The summed E-state index contributed by atoms with van der Waals surface area (Å²) in [5, 5.41) is 20.4. The van der Waals surface area contributed by atoms with E-state index in [2.05, 4.69) is 5.16 Å². The number of aryl methyl sites for hydroxylation is 1. The van der Waals surface area contributed by atoms with Crippen LogP contribution in [0.25, 0.3) is 0 Å². The predicted molar refractivity (Wildman–Crippen MR) is 52.1 cm³/mol. The van der Waals surface area contributed by atoms with Gasteiger partial charge in [0, 0.05) is 0 Å². The summed E-state index contributed by atoms with van der Waals surface area (Å²) in [6, 6.07) is 4.90. The number of hydrogen-bond donors (Lipinski definition) is 2. The van der Waals surface area contributed by atoms with E-state index in [0.29, 0.717) is 16.8 Å². The minimum absolute atomic E-state index is 0.227. The highest BCUT2D eigenvalue weighted by Crippen LogP contribution is 2.12. The molecule has 4 nitrogen and oxygen atoms in total. The van der Waals surface area contributed by atoms with E-state index in [4.69, 9.17) is 10.3 Å². The van der Waals surface area contributed by atoms with Gasteiger partial charge in [-0.25, -0.2) is 4.79 Å². The molecule has 0 amide bonds. The first-order chi connectivity index (χ1) is 6.56. The van der Waals surface area contributed by atoms with Crippen molar-refractivity contribution in [2.45, 2.75) is 13.8 Å². The fourth-order valence-electron chi connectivity index (χ4n) is 1.14. The lowest BCUT2D eigenvalue weighted by Gasteiger charge is -2.03. The van der Waals surface area contributed by atoms with Gasteiger partial charge in [-0.15, -0.1) is 0 Å². The Labute approximate surface area is 81.5 Å². The molecule has 0 radical (unpaired) electrons. The Hall–Kier alpha value is -1.84. The van der Waals surface area contributed by atoms with Gasteiger partial charge in [0.1, 0.15) is 0 Å². The van der Waals surface area contributed by atoms with Crippen molar-refractivity contribution >= 4 is 11.7 Å². The van der Waals surface area contributed by atoms with Crippen LogP contribution in [0.5, 0.6) is 0 Å². The summed E-state index contributed by atoms with van der Waals surface area (Å²) < 4.78 is 0. The number of nitrogens with zero attached hydrogens (tertiary/aromatic N) is 1. The van der Waals surface area contributed by atoms with Gasteiger partial charge in [-0.3, -0.25) is 0 Å². The van der Waals surface area contributed by atoms with Gasteiger partial charge in [0.2, 0.25) is 0 Å². The van der Waals surface area contributed by atoms with Crippen LogP contribution in [0, 0.1) is 6.92 Å². The molecule has 14 heavy (non-hydrogen) atoms. The van der Waals surface area contributed by atoms with Crippen molar-refractivity contribution in [1.82, 2.24) is 0 Å². The third-order valence-electron chi connectivity index (χ3n) is 2.04. The lowest BCUT2D eigenvalue weighted by atomic mass is 10.0. The van der Waals surface area contributed by atoms with Gasteiger partial charge >= 0.3 is 5.97 Å². The molecule has 0 saturated heterocycles. The molecular formula is C10H11NO3. The number of carboxylic acids is 1. The molecule has 0 fully saturated rings. The van der Waals surface area contributed by atoms with Crippen molar-refractivity contribution < 1.29 is 15.1 Å². The van der Waals surface area contributed by atoms with E-state index in [-0.39, 0.29) is 5.56 Å². The van der Waals surface area contributed by atoms with Gasteiger partial charge in [0.25, 0.3) is 0 Å². The number of hydrogen-bond acceptors (Lipinski definition) is 3. The number of rotatable bonds is 2. The third kappa shape index (κ3) is 1.90. The van der Waals surface area contributed by atoms with Crippen molar-refractivity contribution in [3.63, 3.8) is 0 Å². The number of oxime groups is 1. The highest BCUT2D eigenvalue weighted by atomic mass is 16.4. The zero-order valence-electron chi connectivity index (χ0n) is 7.98. The van der Waals surface area contributed by atoms with E-state index in [1.165, 1.54) is 6.07 Å². The summed E-state index contributed by atoms with van der Waals surface area (Å²) in [7, 11) is 0. The normalized spacial score (nSPS) is 11.4. The first-order valence-electron chi connectivity index (χ1n) is 4.09. The standard InChI is InChI=1S/C10H11NO3/c1-6-3-4-8(7(2)11-14)5-9(6)10(12)13/h3-5,14H,1-2H3,(H,12,13)/b11-7+. The van der Waals surface area contributed by atoms with Crippen LogP contribution >= 0.6 is 0 Å². The number of carboxylic acid groups (broad SMARTS) is 1. The van der Waals surface area contributed by atoms with Gasteiger partial charge < -0.3 is 10.3 Å². The van der Waals surface area contributed by atoms with Crippen molar-refractivity contribution in [2.75, 3.05) is 0 Å². The molecule has 0 atom stereocenters. The minimum atomic E-state index is -0.977. The Balaban J connectivity index is 3.26. The van der Waals surface area contributed by atoms with Crippen LogP contribution in [0.3, 0.4) is 0 Å². The summed E-state index contributed by atoms with van der Waals surface area (Å²) in [6.07, 6.45) is 0. The molecule has 0 saturated carbocycles. The van der Waals surface area contributed by atoms with E-state index < -0.39 is 5.97 Å². The lowest BCUT2D eigenvalue weighted by Crippen LogP contribution is -2.03. The average Bonchev–Trinajstić information content (AvgIpc) is 2.17. The predicted octanol–water partition coefficient (Wildman–Crippen LogP) is 1.89. The van der Waals surface area contributed by atoms with Crippen LogP contribution < -0.4 is 0 Å². The lowest BCUT2D eigenvalue weighted by molar-refractivity contribution is 0.0696. The number of carbonyl (C=O) groups is 1. The van der Waals surface area contributed by atoms with Crippen molar-refractivity contribution in [3.8, 4) is 0 Å². The molecule has 0 aliphatic heterocycles. The summed E-state index contributed by atoms with van der Waals surface area (Å²) in [6.45, 7) is 3.33. The fourth-order valence-corrected chi connectivity index (χ4v) is 1.14. The molecule has 0 spiro atoms. The zero-order valence-corrected chi connectivity index (χ0v) is 7.98. The average molecular weight is 193 g/mol. The highest BCUT2D eigenvalue weighted by molar-refractivity contribution is 6.00. The molecule has 4 heteroatoms. The second-order valence-electron chi connectivity index (χ2n) is 3.02. The van der Waals surface area contributed by atoms with Gasteiger partial charge in [-0.1, -0.05) is 17.3 Å². The molecule has 2 N–H and O–H groups in total. The quantitative estimate of drug-likeness (QED) is 0.428. The Morgan fingerprint density at radius 3 is 2.57 bits per heavy atom. The molecular weight excluding hydrogens is 182 g/mol. The van der Waals surface area contributed by atoms with E-state index >= 15 is 0 Å². The summed E-state index contributed by atoms with van der Waals surface area (Å²) in [5.41, 5.74) is 1.92. The van der Waals surface area contributed by atoms with Gasteiger partial charge in [0.15, 0.2) is 0 Å². The van der Waals surface area contributed by atoms with Gasteiger partial charge in [-0.05, 0) is 31.0 Å². The van der Waals surface area contributed by atoms with Gasteiger partial charge in [0.05, 0.1) is 11.3 Å². The Kier molecular flexibility index (Phi) is 2.86. The molecule has 1 rings (SSSR count). The van der Waals surface area contributed by atoms with Crippen LogP contribution in [-0.2, 0) is 0 Å². The van der Waals surface area contributed by atoms with Crippen LogP contribution in [0.4, 0.5) is 0 Å². The first kappa shape index (κ1) is 10.2. The number of aromatic carboxylic acids is 1.